The summed E-state index contributed by atoms with van der Waals surface area (Å²) in [7, 11) is 0. The SMILES string of the molecule is O=C(N[C@H]1C2CCN(CC2)C12CC2)c1ccc2oncc2c1. The van der Waals surface area contributed by atoms with Crippen molar-refractivity contribution in [3.05, 3.63) is 30.0 Å². The van der Waals surface area contributed by atoms with Crippen LogP contribution in [-0.4, -0.2) is 40.6 Å². The third-order valence-electron chi connectivity index (χ3n) is 5.88. The molecule has 0 unspecified atom stereocenters. The van der Waals surface area contributed by atoms with Gasteiger partial charge in [0.1, 0.15) is 0 Å². The lowest BCUT2D eigenvalue weighted by molar-refractivity contribution is -0.00144. The molecule has 114 valence electrons. The Balaban J connectivity index is 1.42. The lowest BCUT2D eigenvalue weighted by atomic mass is 9.77. The Morgan fingerprint density at radius 3 is 2.91 bits per heavy atom. The number of benzene rings is 1. The Kier molecular flexibility index (Phi) is 2.48. The molecule has 5 nitrogen and oxygen atoms in total. The first-order valence-corrected chi connectivity index (χ1v) is 8.17. The fourth-order valence-electron chi connectivity index (χ4n) is 4.56. The number of nitrogens with one attached hydrogen (secondary N) is 1. The van der Waals surface area contributed by atoms with Gasteiger partial charge in [0.25, 0.3) is 5.91 Å². The number of carbonyl (C=O) groups excluding carboxylic acids is 1. The zero-order valence-corrected chi connectivity index (χ0v) is 12.4. The van der Waals surface area contributed by atoms with E-state index in [0.29, 0.717) is 17.5 Å². The monoisotopic (exact) mass is 297 g/mol. The molecule has 1 saturated carbocycles. The maximum Gasteiger partial charge on any atom is 0.251 e. The number of aromatic nitrogens is 1. The van der Waals surface area contributed by atoms with Crippen LogP contribution in [0.25, 0.3) is 11.0 Å². The number of carbonyl (C=O) groups is 1. The number of rotatable bonds is 2. The van der Waals surface area contributed by atoms with Crippen molar-refractivity contribution < 1.29 is 9.32 Å². The van der Waals surface area contributed by atoms with Crippen LogP contribution in [0.1, 0.15) is 36.0 Å². The van der Waals surface area contributed by atoms with Gasteiger partial charge in [-0.1, -0.05) is 5.16 Å². The summed E-state index contributed by atoms with van der Waals surface area (Å²) in [6.07, 6.45) is 6.57. The largest absolute Gasteiger partial charge is 0.356 e. The Hall–Kier alpha value is -1.88. The summed E-state index contributed by atoms with van der Waals surface area (Å²) < 4.78 is 5.10. The summed E-state index contributed by atoms with van der Waals surface area (Å²) in [5, 5.41) is 7.99. The van der Waals surface area contributed by atoms with Gasteiger partial charge in [0.15, 0.2) is 5.58 Å². The molecule has 6 rings (SSSR count). The van der Waals surface area contributed by atoms with E-state index in [1.54, 1.807) is 6.20 Å². The highest BCUT2D eigenvalue weighted by Crippen LogP contribution is 2.53. The molecule has 22 heavy (non-hydrogen) atoms. The van der Waals surface area contributed by atoms with Gasteiger partial charge in [-0.2, -0.15) is 0 Å². The van der Waals surface area contributed by atoms with Gasteiger partial charge in [0.2, 0.25) is 0 Å². The van der Waals surface area contributed by atoms with Crippen LogP contribution in [0.5, 0.6) is 0 Å². The normalized spacial score (nSPS) is 31.5. The van der Waals surface area contributed by atoms with E-state index in [9.17, 15) is 4.79 Å². The van der Waals surface area contributed by atoms with Crippen molar-refractivity contribution in [3.8, 4) is 0 Å². The van der Waals surface area contributed by atoms with Crippen LogP contribution >= 0.6 is 0 Å². The Labute approximate surface area is 128 Å². The van der Waals surface area contributed by atoms with Gasteiger partial charge >= 0.3 is 0 Å². The van der Waals surface area contributed by atoms with Crippen molar-refractivity contribution in [1.82, 2.24) is 15.4 Å². The zero-order valence-electron chi connectivity index (χ0n) is 12.4. The number of hydrogen-bond acceptors (Lipinski definition) is 4. The minimum absolute atomic E-state index is 0.0353. The maximum atomic E-state index is 12.7. The zero-order chi connectivity index (χ0) is 14.7. The molecular weight excluding hydrogens is 278 g/mol. The van der Waals surface area contributed by atoms with Crippen LogP contribution in [0.15, 0.2) is 28.9 Å². The Morgan fingerprint density at radius 2 is 2.14 bits per heavy atom. The van der Waals surface area contributed by atoms with Crippen LogP contribution in [0.3, 0.4) is 0 Å². The van der Waals surface area contributed by atoms with E-state index < -0.39 is 0 Å². The van der Waals surface area contributed by atoms with Crippen molar-refractivity contribution >= 4 is 16.9 Å². The molecule has 4 aliphatic rings. The van der Waals surface area contributed by atoms with Crippen LogP contribution < -0.4 is 5.32 Å². The molecule has 1 atom stereocenters. The fourth-order valence-corrected chi connectivity index (χ4v) is 4.56. The number of hydrogen-bond donors (Lipinski definition) is 1. The third-order valence-corrected chi connectivity index (χ3v) is 5.88. The average Bonchev–Trinajstić information content (AvgIpc) is 3.18. The molecule has 1 aromatic heterocycles. The van der Waals surface area contributed by atoms with Gasteiger partial charge in [0.05, 0.1) is 12.2 Å². The van der Waals surface area contributed by atoms with Gasteiger partial charge in [-0.25, -0.2) is 0 Å². The van der Waals surface area contributed by atoms with E-state index in [4.69, 9.17) is 4.52 Å². The predicted octanol–water partition coefficient (Wildman–Crippen LogP) is 2.18. The molecule has 2 bridgehead atoms. The van der Waals surface area contributed by atoms with E-state index in [1.807, 2.05) is 18.2 Å². The van der Waals surface area contributed by atoms with Gasteiger partial charge < -0.3 is 9.84 Å². The molecule has 4 fully saturated rings. The van der Waals surface area contributed by atoms with Crippen LogP contribution in [-0.2, 0) is 0 Å². The second-order valence-electron chi connectivity index (χ2n) is 6.96. The molecule has 0 radical (unpaired) electrons. The van der Waals surface area contributed by atoms with Gasteiger partial charge in [-0.15, -0.1) is 0 Å². The van der Waals surface area contributed by atoms with Crippen molar-refractivity contribution in [1.29, 1.82) is 0 Å². The van der Waals surface area contributed by atoms with E-state index in [0.717, 1.165) is 11.0 Å². The van der Waals surface area contributed by atoms with Gasteiger partial charge in [-0.05, 0) is 62.9 Å². The van der Waals surface area contributed by atoms with Crippen LogP contribution in [0.4, 0.5) is 0 Å². The van der Waals surface area contributed by atoms with Crippen molar-refractivity contribution in [2.24, 2.45) is 5.92 Å². The van der Waals surface area contributed by atoms with E-state index in [2.05, 4.69) is 15.4 Å². The van der Waals surface area contributed by atoms with Crippen LogP contribution in [0.2, 0.25) is 0 Å². The summed E-state index contributed by atoms with van der Waals surface area (Å²) in [4.78, 5) is 15.3. The number of amides is 1. The Morgan fingerprint density at radius 1 is 1.32 bits per heavy atom. The highest BCUT2D eigenvalue weighted by Gasteiger charge is 2.60. The molecule has 1 spiro atoms. The van der Waals surface area contributed by atoms with Crippen molar-refractivity contribution in [2.45, 2.75) is 37.3 Å². The maximum absolute atomic E-state index is 12.7. The van der Waals surface area contributed by atoms with Gasteiger partial charge in [0, 0.05) is 16.5 Å². The highest BCUT2D eigenvalue weighted by atomic mass is 16.5. The summed E-state index contributed by atoms with van der Waals surface area (Å²) in [6.45, 7) is 2.42. The van der Waals surface area contributed by atoms with E-state index in [-0.39, 0.29) is 11.4 Å². The molecule has 1 amide bonds. The molecule has 1 aromatic carbocycles. The molecule has 3 saturated heterocycles. The van der Waals surface area contributed by atoms with Crippen molar-refractivity contribution in [2.75, 3.05) is 13.1 Å². The summed E-state index contributed by atoms with van der Waals surface area (Å²) >= 11 is 0. The standard InChI is InChI=1S/C17H19N3O2/c21-16(12-1-2-14-13(9-12)10-18-22-14)19-15-11-3-7-20(8-4-11)17(15)5-6-17/h1-2,9-11,15H,3-8H2,(H,19,21)/t15-/m0/s1. The second-order valence-corrected chi connectivity index (χ2v) is 6.96. The summed E-state index contributed by atoms with van der Waals surface area (Å²) in [5.74, 6) is 0.684. The fraction of sp³-hybridized carbons (Fsp3) is 0.529. The highest BCUT2D eigenvalue weighted by molar-refractivity contribution is 5.97. The molecule has 3 aliphatic heterocycles. The summed E-state index contributed by atoms with van der Waals surface area (Å²) in [6, 6.07) is 5.83. The smallest absolute Gasteiger partial charge is 0.251 e. The lowest BCUT2D eigenvalue weighted by Gasteiger charge is -2.52. The first kappa shape index (κ1) is 12.6. The average molecular weight is 297 g/mol. The second kappa shape index (κ2) is 4.32. The molecule has 2 aromatic rings. The first-order valence-electron chi connectivity index (χ1n) is 8.17. The van der Waals surface area contributed by atoms with Gasteiger partial charge in [-0.3, -0.25) is 9.69 Å². The predicted molar refractivity (Wildman–Crippen MR) is 81.5 cm³/mol. The first-order chi connectivity index (χ1) is 10.8. The number of nitrogens with zero attached hydrogens (tertiary/aromatic N) is 2. The topological polar surface area (TPSA) is 58.4 Å². The molecule has 1 N–H and O–H groups in total. The molecular formula is C17H19N3O2. The van der Waals surface area contributed by atoms with Crippen molar-refractivity contribution in [3.63, 3.8) is 0 Å². The van der Waals surface area contributed by atoms with E-state index in [1.165, 1.54) is 38.8 Å². The summed E-state index contributed by atoms with van der Waals surface area (Å²) in [5.41, 5.74) is 1.69. The molecule has 1 aliphatic carbocycles. The van der Waals surface area contributed by atoms with E-state index >= 15 is 0 Å². The van der Waals surface area contributed by atoms with Crippen LogP contribution in [0, 0.1) is 5.92 Å². The minimum atomic E-state index is 0.0353. The molecule has 4 heterocycles. The lowest BCUT2D eigenvalue weighted by Crippen LogP contribution is -2.65. The molecule has 5 heteroatoms. The Bertz CT molecular complexity index is 741. The minimum Gasteiger partial charge on any atom is -0.356 e. The third kappa shape index (κ3) is 1.69. The number of piperidine rings is 3. The number of fused-ring (bicyclic) bond motifs is 3. The quantitative estimate of drug-likeness (QED) is 0.923.